The maximum atomic E-state index is 12.7. The molecule has 0 atom stereocenters. The summed E-state index contributed by atoms with van der Waals surface area (Å²) in [4.78, 5) is 37.0. The Balaban J connectivity index is 1.20. The second kappa shape index (κ2) is 8.46. The molecule has 6 nitrogen and oxygen atoms in total. The van der Waals surface area contributed by atoms with Gasteiger partial charge in [-0.1, -0.05) is 35.2 Å². The van der Waals surface area contributed by atoms with E-state index in [1.165, 1.54) is 34.4 Å². The number of para-hydroxylation sites is 1. The van der Waals surface area contributed by atoms with Gasteiger partial charge >= 0.3 is 0 Å². The first-order valence-corrected chi connectivity index (χ1v) is 12.8. The van der Waals surface area contributed by atoms with Crippen LogP contribution in [0, 0.1) is 0 Å². The number of nitrogens with zero attached hydrogens (tertiary/aromatic N) is 3. The van der Waals surface area contributed by atoms with E-state index < -0.39 is 0 Å². The van der Waals surface area contributed by atoms with Gasteiger partial charge in [0.15, 0.2) is 9.47 Å². The predicted octanol–water partition coefficient (Wildman–Crippen LogP) is 4.74. The zero-order valence-electron chi connectivity index (χ0n) is 15.7. The molecule has 0 saturated carbocycles. The molecule has 1 aliphatic heterocycles. The minimum atomic E-state index is -0.150. The van der Waals surface area contributed by atoms with Gasteiger partial charge in [0.2, 0.25) is 5.91 Å². The van der Waals surface area contributed by atoms with Crippen LogP contribution in [0.5, 0.6) is 0 Å². The van der Waals surface area contributed by atoms with Crippen LogP contribution in [0.15, 0.2) is 45.4 Å². The lowest BCUT2D eigenvalue weighted by atomic mass is 10.2. The van der Waals surface area contributed by atoms with E-state index >= 15 is 0 Å². The van der Waals surface area contributed by atoms with E-state index in [1.54, 1.807) is 17.4 Å². The number of hydrogen-bond donors (Lipinski definition) is 1. The Kier molecular flexibility index (Phi) is 5.55. The number of hydrogen-bond acceptors (Lipinski definition) is 8. The van der Waals surface area contributed by atoms with Gasteiger partial charge in [-0.15, -0.1) is 11.3 Å². The molecule has 0 fully saturated rings. The lowest BCUT2D eigenvalue weighted by Gasteiger charge is -2.25. The molecule has 4 aromatic rings. The first kappa shape index (κ1) is 19.7. The van der Waals surface area contributed by atoms with E-state index in [9.17, 15) is 9.59 Å². The maximum Gasteiger partial charge on any atom is 0.258 e. The zero-order chi connectivity index (χ0) is 20.5. The Hall–Kier alpha value is -2.27. The Labute approximate surface area is 189 Å². The van der Waals surface area contributed by atoms with Gasteiger partial charge < -0.3 is 4.90 Å². The molecule has 0 spiro atoms. The monoisotopic (exact) mass is 472 g/mol. The number of thioether (sulfide) groups is 1. The van der Waals surface area contributed by atoms with Gasteiger partial charge in [0, 0.05) is 23.2 Å². The van der Waals surface area contributed by atoms with Crippen molar-refractivity contribution in [2.24, 2.45) is 0 Å². The molecule has 0 radical (unpaired) electrons. The smallest absolute Gasteiger partial charge is 0.258 e. The number of rotatable bonds is 5. The molecule has 30 heavy (non-hydrogen) atoms. The van der Waals surface area contributed by atoms with Crippen LogP contribution in [-0.4, -0.2) is 39.0 Å². The van der Waals surface area contributed by atoms with Crippen molar-refractivity contribution in [2.45, 2.75) is 17.3 Å². The van der Waals surface area contributed by atoms with E-state index in [0.29, 0.717) is 36.0 Å². The number of carbonyl (C=O) groups excluding carboxylic acids is 2. The van der Waals surface area contributed by atoms with E-state index in [0.717, 1.165) is 25.1 Å². The quantitative estimate of drug-likeness (QED) is 0.425. The van der Waals surface area contributed by atoms with Crippen LogP contribution in [0.25, 0.3) is 10.2 Å². The molecule has 10 heteroatoms. The van der Waals surface area contributed by atoms with Gasteiger partial charge in [0.25, 0.3) is 5.91 Å². The van der Waals surface area contributed by atoms with Crippen molar-refractivity contribution >= 4 is 72.9 Å². The van der Waals surface area contributed by atoms with Crippen LogP contribution in [0.2, 0.25) is 0 Å². The molecular weight excluding hydrogens is 457 g/mol. The van der Waals surface area contributed by atoms with Gasteiger partial charge in [0.05, 0.1) is 33.8 Å². The third-order valence-corrected chi connectivity index (χ3v) is 8.53. The van der Waals surface area contributed by atoms with E-state index in [4.69, 9.17) is 0 Å². The van der Waals surface area contributed by atoms with Crippen molar-refractivity contribution in [3.8, 4) is 0 Å². The number of carbonyl (C=O) groups is 2. The summed E-state index contributed by atoms with van der Waals surface area (Å²) < 4.78 is 2.05. The molecular formula is C20H16N4O2S4. The van der Waals surface area contributed by atoms with E-state index in [1.807, 2.05) is 39.9 Å². The molecule has 0 aliphatic carbocycles. The van der Waals surface area contributed by atoms with Crippen LogP contribution < -0.4 is 5.32 Å². The van der Waals surface area contributed by atoms with Crippen molar-refractivity contribution in [3.63, 3.8) is 0 Å². The molecule has 5 rings (SSSR count). The molecule has 1 aliphatic rings. The summed E-state index contributed by atoms with van der Waals surface area (Å²) in [6.45, 7) is 1.19. The fourth-order valence-corrected chi connectivity index (χ4v) is 6.78. The van der Waals surface area contributed by atoms with Crippen LogP contribution in [0.4, 0.5) is 5.13 Å². The number of thiophene rings is 1. The third-order valence-electron chi connectivity index (χ3n) is 4.68. The van der Waals surface area contributed by atoms with E-state index in [-0.39, 0.29) is 11.8 Å². The molecule has 0 bridgehead atoms. The molecule has 1 aromatic carbocycles. The number of amides is 2. The highest BCUT2D eigenvalue weighted by molar-refractivity contribution is 8.01. The largest absolute Gasteiger partial charge is 0.336 e. The topological polar surface area (TPSA) is 75.2 Å². The standard InChI is InChI=1S/C20H16N4O2S4/c25-17(11-28-20-22-13-3-1-2-4-15(13)30-20)24-7-5-14-16(9-24)29-19(21-14)23-18(26)12-6-8-27-10-12/h1-4,6,8,10H,5,7,9,11H2,(H,21,23,26). The number of nitrogens with one attached hydrogen (secondary N) is 1. The molecule has 1 N–H and O–H groups in total. The minimum absolute atomic E-state index is 0.0992. The Morgan fingerprint density at radius 2 is 2.07 bits per heavy atom. The minimum Gasteiger partial charge on any atom is -0.336 e. The summed E-state index contributed by atoms with van der Waals surface area (Å²) in [5.74, 6) is 0.320. The molecule has 0 unspecified atom stereocenters. The van der Waals surface area contributed by atoms with Gasteiger partial charge in [-0.25, -0.2) is 9.97 Å². The molecule has 3 aromatic heterocycles. The number of aromatic nitrogens is 2. The SMILES string of the molecule is O=C(Nc1nc2c(s1)CN(C(=O)CSc1nc3ccccc3s1)CC2)c1ccsc1. The summed E-state index contributed by atoms with van der Waals surface area (Å²) in [5, 5.41) is 7.14. The van der Waals surface area contributed by atoms with Crippen LogP contribution in [0.3, 0.4) is 0 Å². The number of fused-ring (bicyclic) bond motifs is 2. The van der Waals surface area contributed by atoms with Gasteiger partial charge in [-0.3, -0.25) is 14.9 Å². The number of thiazole rings is 2. The molecule has 2 amide bonds. The van der Waals surface area contributed by atoms with Crippen molar-refractivity contribution in [1.82, 2.24) is 14.9 Å². The maximum absolute atomic E-state index is 12.7. The average Bonchev–Trinajstić information content (AvgIpc) is 3.49. The molecule has 152 valence electrons. The highest BCUT2D eigenvalue weighted by Crippen LogP contribution is 2.31. The zero-order valence-corrected chi connectivity index (χ0v) is 18.9. The van der Waals surface area contributed by atoms with Crippen molar-refractivity contribution < 1.29 is 9.59 Å². The second-order valence-corrected chi connectivity index (χ2v) is 10.8. The van der Waals surface area contributed by atoms with Crippen LogP contribution >= 0.6 is 45.8 Å². The summed E-state index contributed by atoms with van der Waals surface area (Å²) in [6, 6.07) is 9.79. The Bertz CT molecular complexity index is 1180. The average molecular weight is 473 g/mol. The fraction of sp³-hybridized carbons (Fsp3) is 0.200. The highest BCUT2D eigenvalue weighted by atomic mass is 32.2. The predicted molar refractivity (Wildman–Crippen MR) is 124 cm³/mol. The molecule has 4 heterocycles. The van der Waals surface area contributed by atoms with Gasteiger partial charge in [-0.2, -0.15) is 11.3 Å². The Morgan fingerprint density at radius 1 is 1.17 bits per heavy atom. The summed E-state index contributed by atoms with van der Waals surface area (Å²) in [7, 11) is 0. The van der Waals surface area contributed by atoms with Gasteiger partial charge in [-0.05, 0) is 23.6 Å². The van der Waals surface area contributed by atoms with Gasteiger partial charge in [0.1, 0.15) is 0 Å². The third kappa shape index (κ3) is 4.13. The summed E-state index contributed by atoms with van der Waals surface area (Å²) >= 11 is 6.04. The first-order valence-electron chi connectivity index (χ1n) is 9.24. The summed E-state index contributed by atoms with van der Waals surface area (Å²) in [5.41, 5.74) is 2.59. The lowest BCUT2D eigenvalue weighted by molar-refractivity contribution is -0.129. The normalized spacial score (nSPS) is 13.4. The van der Waals surface area contributed by atoms with E-state index in [2.05, 4.69) is 15.3 Å². The van der Waals surface area contributed by atoms with Crippen molar-refractivity contribution in [2.75, 3.05) is 17.6 Å². The second-order valence-electron chi connectivity index (χ2n) is 6.66. The first-order chi connectivity index (χ1) is 14.7. The van der Waals surface area contributed by atoms with Crippen LogP contribution in [0.1, 0.15) is 20.9 Å². The summed E-state index contributed by atoms with van der Waals surface area (Å²) in [6.07, 6.45) is 0.706. The van der Waals surface area contributed by atoms with Crippen LogP contribution in [-0.2, 0) is 17.8 Å². The fourth-order valence-electron chi connectivity index (χ4n) is 3.15. The highest BCUT2D eigenvalue weighted by Gasteiger charge is 2.25. The number of benzene rings is 1. The lowest BCUT2D eigenvalue weighted by Crippen LogP contribution is -2.36. The number of anilines is 1. The Morgan fingerprint density at radius 3 is 2.90 bits per heavy atom. The molecule has 0 saturated heterocycles. The van der Waals surface area contributed by atoms with Crippen molar-refractivity contribution in [3.05, 3.63) is 57.2 Å². The van der Waals surface area contributed by atoms with Crippen molar-refractivity contribution in [1.29, 1.82) is 0 Å².